The Balaban J connectivity index is 3.39. The van der Waals surface area contributed by atoms with Crippen LogP contribution in [0.3, 0.4) is 0 Å². The van der Waals surface area contributed by atoms with Crippen molar-refractivity contribution in [3.8, 4) is 0 Å². The van der Waals surface area contributed by atoms with Gasteiger partial charge in [-0.25, -0.2) is 0 Å². The van der Waals surface area contributed by atoms with E-state index in [0.29, 0.717) is 19.4 Å². The van der Waals surface area contributed by atoms with E-state index in [1.165, 1.54) is 289 Å². The average molecular weight is 1040 g/mol. The first-order valence-electron chi connectivity index (χ1n) is 33.3. The largest absolute Gasteiger partial charge is 0.466 e. The predicted octanol–water partition coefficient (Wildman–Crippen LogP) is 21.1. The lowest BCUT2D eigenvalue weighted by Crippen LogP contribution is -2.45. The Morgan fingerprint density at radius 2 is 0.635 bits per heavy atom. The number of rotatable bonds is 62. The molecule has 0 bridgehead atoms. The summed E-state index contributed by atoms with van der Waals surface area (Å²) < 4.78 is 5.49. The fraction of sp³-hybridized carbons (Fsp3) is 0.882. The molecule has 0 aromatic heterocycles. The first-order chi connectivity index (χ1) is 36.5. The van der Waals surface area contributed by atoms with Crippen LogP contribution in [-0.2, 0) is 14.3 Å². The summed E-state index contributed by atoms with van der Waals surface area (Å²) in [4.78, 5) is 24.5. The van der Waals surface area contributed by atoms with Crippen LogP contribution in [0.5, 0.6) is 0 Å². The molecule has 0 aromatic rings. The van der Waals surface area contributed by atoms with E-state index in [1.807, 2.05) is 6.08 Å². The van der Waals surface area contributed by atoms with E-state index in [-0.39, 0.29) is 18.5 Å². The van der Waals surface area contributed by atoms with Crippen LogP contribution in [0, 0.1) is 0 Å². The van der Waals surface area contributed by atoms with Crippen LogP contribution in [0.2, 0.25) is 0 Å². The average Bonchev–Trinajstić information content (AvgIpc) is 3.40. The normalized spacial score (nSPS) is 12.8. The molecule has 2 atom stereocenters. The van der Waals surface area contributed by atoms with Crippen LogP contribution < -0.4 is 5.32 Å². The molecule has 0 spiro atoms. The molecular formula is C68H129NO5. The van der Waals surface area contributed by atoms with Crippen molar-refractivity contribution >= 4 is 11.9 Å². The minimum Gasteiger partial charge on any atom is -0.466 e. The maximum atomic E-state index is 12.5. The summed E-state index contributed by atoms with van der Waals surface area (Å²) in [6.45, 7) is 4.91. The molecule has 6 nitrogen and oxygen atoms in total. The number of allylic oxidation sites excluding steroid dienone is 5. The highest BCUT2D eigenvalue weighted by Gasteiger charge is 2.18. The van der Waals surface area contributed by atoms with Gasteiger partial charge in [0.1, 0.15) is 0 Å². The number of aliphatic hydroxyl groups is 2. The number of aliphatic hydroxyl groups excluding tert-OH is 2. The molecule has 74 heavy (non-hydrogen) atoms. The van der Waals surface area contributed by atoms with Gasteiger partial charge >= 0.3 is 5.97 Å². The van der Waals surface area contributed by atoms with Gasteiger partial charge in [-0.2, -0.15) is 0 Å². The molecule has 0 fully saturated rings. The number of esters is 1. The Morgan fingerprint density at radius 3 is 0.959 bits per heavy atom. The monoisotopic (exact) mass is 1040 g/mol. The van der Waals surface area contributed by atoms with Gasteiger partial charge in [-0.05, 0) is 83.5 Å². The Labute approximate surface area is 462 Å². The number of amides is 1. The number of unbranched alkanes of at least 4 members (excludes halogenated alkanes) is 47. The zero-order chi connectivity index (χ0) is 53.6. The van der Waals surface area contributed by atoms with Crippen molar-refractivity contribution in [2.75, 3.05) is 13.2 Å². The predicted molar refractivity (Wildman–Crippen MR) is 324 cm³/mol. The number of carbonyl (C=O) groups is 2. The zero-order valence-corrected chi connectivity index (χ0v) is 49.8. The molecule has 0 heterocycles. The smallest absolute Gasteiger partial charge is 0.305 e. The fourth-order valence-corrected chi connectivity index (χ4v) is 10.3. The summed E-state index contributed by atoms with van der Waals surface area (Å²) in [6.07, 6.45) is 80.6. The summed E-state index contributed by atoms with van der Waals surface area (Å²) in [6, 6.07) is -0.627. The maximum Gasteiger partial charge on any atom is 0.305 e. The highest BCUT2D eigenvalue weighted by Crippen LogP contribution is 2.17. The third-order valence-corrected chi connectivity index (χ3v) is 15.4. The molecule has 0 radical (unpaired) electrons. The molecule has 3 N–H and O–H groups in total. The van der Waals surface area contributed by atoms with Crippen molar-refractivity contribution in [2.24, 2.45) is 0 Å². The Hall–Kier alpha value is -1.92. The van der Waals surface area contributed by atoms with Gasteiger partial charge in [0.15, 0.2) is 0 Å². The standard InChI is InChI=1S/C68H129NO5/c1-3-5-7-9-11-13-15-17-33-38-42-46-50-54-58-62-68(73)74-63-59-55-51-47-43-39-35-32-30-28-26-24-22-20-19-21-23-25-27-29-31-34-37-41-45-49-53-57-61-67(72)69-65(64-70)66(71)60-56-52-48-44-40-36-18-16-14-12-10-8-6-4-2/h17,19-20,33,56,60,65-66,70-71H,3-16,18,21-32,34-55,57-59,61-64H2,1-2H3,(H,69,72)/b20-19-,33-17-,60-56+. The van der Waals surface area contributed by atoms with E-state index >= 15 is 0 Å². The second-order valence-electron chi connectivity index (χ2n) is 22.8. The first kappa shape index (κ1) is 72.1. The van der Waals surface area contributed by atoms with Crippen LogP contribution >= 0.6 is 0 Å². The van der Waals surface area contributed by atoms with E-state index in [4.69, 9.17) is 4.74 Å². The van der Waals surface area contributed by atoms with E-state index < -0.39 is 12.1 Å². The van der Waals surface area contributed by atoms with Crippen molar-refractivity contribution in [1.82, 2.24) is 5.32 Å². The lowest BCUT2D eigenvalue weighted by molar-refractivity contribution is -0.143. The SMILES string of the molecule is CCCCCCCC/C=C\CCCCCCCC(=O)OCCCCCCCCCCCCCC/C=C\CCCCCCCCCCCCCCC(=O)NC(CO)C(O)/C=C/CCCCCCCCCCCCCC. The van der Waals surface area contributed by atoms with E-state index in [0.717, 1.165) is 44.9 Å². The van der Waals surface area contributed by atoms with E-state index in [1.54, 1.807) is 6.08 Å². The van der Waals surface area contributed by atoms with Crippen LogP contribution in [-0.4, -0.2) is 47.4 Å². The van der Waals surface area contributed by atoms with E-state index in [2.05, 4.69) is 43.5 Å². The van der Waals surface area contributed by atoms with Gasteiger partial charge in [-0.15, -0.1) is 0 Å². The van der Waals surface area contributed by atoms with Crippen molar-refractivity contribution < 1.29 is 24.5 Å². The second kappa shape index (κ2) is 63.6. The molecule has 0 saturated carbocycles. The fourth-order valence-electron chi connectivity index (χ4n) is 10.3. The summed E-state index contributed by atoms with van der Waals surface area (Å²) in [5, 5.41) is 23.1. The molecule has 436 valence electrons. The molecule has 0 aliphatic heterocycles. The summed E-state index contributed by atoms with van der Waals surface area (Å²) in [5.41, 5.74) is 0. The highest BCUT2D eigenvalue weighted by atomic mass is 16.5. The highest BCUT2D eigenvalue weighted by molar-refractivity contribution is 5.76. The topological polar surface area (TPSA) is 95.9 Å². The summed E-state index contributed by atoms with van der Waals surface area (Å²) >= 11 is 0. The van der Waals surface area contributed by atoms with Crippen LogP contribution in [0.1, 0.15) is 361 Å². The molecule has 1 amide bonds. The first-order valence-corrected chi connectivity index (χ1v) is 33.3. The molecule has 0 saturated heterocycles. The molecule has 0 rings (SSSR count). The van der Waals surface area contributed by atoms with Gasteiger partial charge in [-0.1, -0.05) is 301 Å². The third-order valence-electron chi connectivity index (χ3n) is 15.4. The Morgan fingerprint density at radius 1 is 0.365 bits per heavy atom. The minimum absolute atomic E-state index is 0.00768. The third kappa shape index (κ3) is 59.3. The van der Waals surface area contributed by atoms with Crippen LogP contribution in [0.15, 0.2) is 36.5 Å². The van der Waals surface area contributed by atoms with Gasteiger partial charge in [0.05, 0.1) is 25.4 Å². The van der Waals surface area contributed by atoms with Crippen molar-refractivity contribution in [3.63, 3.8) is 0 Å². The van der Waals surface area contributed by atoms with E-state index in [9.17, 15) is 19.8 Å². The van der Waals surface area contributed by atoms with Gasteiger partial charge in [0.25, 0.3) is 0 Å². The lowest BCUT2D eigenvalue weighted by Gasteiger charge is -2.20. The summed E-state index contributed by atoms with van der Waals surface area (Å²) in [7, 11) is 0. The number of nitrogens with one attached hydrogen (secondary N) is 1. The quantitative estimate of drug-likeness (QED) is 0.0320. The minimum atomic E-state index is -0.844. The number of hydrogen-bond donors (Lipinski definition) is 3. The van der Waals surface area contributed by atoms with Gasteiger partial charge in [-0.3, -0.25) is 9.59 Å². The van der Waals surface area contributed by atoms with Gasteiger partial charge in [0.2, 0.25) is 5.91 Å². The van der Waals surface area contributed by atoms with Crippen molar-refractivity contribution in [3.05, 3.63) is 36.5 Å². The van der Waals surface area contributed by atoms with Gasteiger partial charge < -0.3 is 20.3 Å². The molecule has 0 aliphatic rings. The molecular weight excluding hydrogens is 911 g/mol. The number of carbonyl (C=O) groups excluding carboxylic acids is 2. The molecule has 2 unspecified atom stereocenters. The Bertz CT molecular complexity index is 1200. The number of ether oxygens (including phenoxy) is 1. The molecule has 0 aromatic carbocycles. The van der Waals surface area contributed by atoms with Crippen LogP contribution in [0.25, 0.3) is 0 Å². The summed E-state index contributed by atoms with van der Waals surface area (Å²) in [5.74, 6) is -0.0591. The van der Waals surface area contributed by atoms with Crippen LogP contribution in [0.4, 0.5) is 0 Å². The molecule has 0 aliphatic carbocycles. The number of hydrogen-bond acceptors (Lipinski definition) is 5. The zero-order valence-electron chi connectivity index (χ0n) is 49.8. The van der Waals surface area contributed by atoms with Crippen molar-refractivity contribution in [2.45, 2.75) is 373 Å². The molecule has 6 heteroatoms. The van der Waals surface area contributed by atoms with Crippen molar-refractivity contribution in [1.29, 1.82) is 0 Å². The lowest BCUT2D eigenvalue weighted by atomic mass is 10.0. The van der Waals surface area contributed by atoms with Gasteiger partial charge in [0, 0.05) is 12.8 Å². The Kier molecular flexibility index (Phi) is 62.0. The second-order valence-corrected chi connectivity index (χ2v) is 22.8. The maximum absolute atomic E-state index is 12.5.